The molecule has 2 aromatic rings. The Balaban J connectivity index is 2.36. The zero-order valence-corrected chi connectivity index (χ0v) is 18.9. The average Bonchev–Trinajstić information content (AvgIpc) is 2.68. The fourth-order valence-electron chi connectivity index (χ4n) is 2.82. The van der Waals surface area contributed by atoms with Crippen molar-refractivity contribution >= 4 is 43.5 Å². The summed E-state index contributed by atoms with van der Waals surface area (Å²) in [5.74, 6) is -0.807. The SMILES string of the molecule is CNC(=O)[C@@H](C)N(Cc1ccccc1)C(=O)CN(c1cccc(Br)c1)S(C)(=O)=O. The highest BCUT2D eigenvalue weighted by Gasteiger charge is 2.29. The molecule has 0 aliphatic rings. The second-order valence-electron chi connectivity index (χ2n) is 6.55. The van der Waals surface area contributed by atoms with Gasteiger partial charge in [0.15, 0.2) is 0 Å². The van der Waals surface area contributed by atoms with Gasteiger partial charge in [0.1, 0.15) is 12.6 Å². The molecule has 2 amide bonds. The molecule has 0 radical (unpaired) electrons. The largest absolute Gasteiger partial charge is 0.357 e. The van der Waals surface area contributed by atoms with Gasteiger partial charge in [0.25, 0.3) is 0 Å². The van der Waals surface area contributed by atoms with Crippen LogP contribution in [0.4, 0.5) is 5.69 Å². The van der Waals surface area contributed by atoms with Crippen molar-refractivity contribution < 1.29 is 18.0 Å². The minimum absolute atomic E-state index is 0.185. The van der Waals surface area contributed by atoms with Crippen molar-refractivity contribution in [1.82, 2.24) is 10.2 Å². The van der Waals surface area contributed by atoms with Gasteiger partial charge in [-0.05, 0) is 30.7 Å². The van der Waals surface area contributed by atoms with Crippen LogP contribution in [0.15, 0.2) is 59.1 Å². The highest BCUT2D eigenvalue weighted by Crippen LogP contribution is 2.22. The van der Waals surface area contributed by atoms with Crippen molar-refractivity contribution in [3.05, 3.63) is 64.6 Å². The third kappa shape index (κ3) is 6.30. The van der Waals surface area contributed by atoms with E-state index in [1.807, 2.05) is 30.3 Å². The van der Waals surface area contributed by atoms with E-state index in [1.54, 1.807) is 31.2 Å². The van der Waals surface area contributed by atoms with Crippen molar-refractivity contribution in [3.63, 3.8) is 0 Å². The van der Waals surface area contributed by atoms with Crippen LogP contribution < -0.4 is 9.62 Å². The lowest BCUT2D eigenvalue weighted by molar-refractivity contribution is -0.139. The smallest absolute Gasteiger partial charge is 0.244 e. The van der Waals surface area contributed by atoms with Crippen LogP contribution in [0.3, 0.4) is 0 Å². The zero-order valence-electron chi connectivity index (χ0n) is 16.5. The van der Waals surface area contributed by atoms with Crippen LogP contribution in [-0.2, 0) is 26.2 Å². The molecule has 9 heteroatoms. The Hall–Kier alpha value is -2.39. The number of hydrogen-bond acceptors (Lipinski definition) is 4. The normalized spacial score (nSPS) is 12.1. The summed E-state index contributed by atoms with van der Waals surface area (Å²) in [5, 5.41) is 2.54. The maximum Gasteiger partial charge on any atom is 0.244 e. The number of hydrogen-bond donors (Lipinski definition) is 1. The Morgan fingerprint density at radius 3 is 2.31 bits per heavy atom. The van der Waals surface area contributed by atoms with Gasteiger partial charge >= 0.3 is 0 Å². The van der Waals surface area contributed by atoms with Crippen LogP contribution in [0.1, 0.15) is 12.5 Å². The number of halogens is 1. The van der Waals surface area contributed by atoms with Gasteiger partial charge in [-0.15, -0.1) is 0 Å². The maximum atomic E-state index is 13.2. The van der Waals surface area contributed by atoms with Gasteiger partial charge in [0.2, 0.25) is 21.8 Å². The lowest BCUT2D eigenvalue weighted by Gasteiger charge is -2.31. The third-order valence-corrected chi connectivity index (χ3v) is 6.02. The van der Waals surface area contributed by atoms with E-state index >= 15 is 0 Å². The van der Waals surface area contributed by atoms with Crippen molar-refractivity contribution in [2.45, 2.75) is 19.5 Å². The summed E-state index contributed by atoms with van der Waals surface area (Å²) < 4.78 is 26.5. The number of benzene rings is 2. The molecule has 0 spiro atoms. The first-order valence-corrected chi connectivity index (χ1v) is 11.6. The van der Waals surface area contributed by atoms with Gasteiger partial charge in [0.05, 0.1) is 11.9 Å². The summed E-state index contributed by atoms with van der Waals surface area (Å²) in [6.45, 7) is 1.39. The number of rotatable bonds is 8. The summed E-state index contributed by atoms with van der Waals surface area (Å²) >= 11 is 3.32. The molecular weight excluding hydrogens is 458 g/mol. The molecule has 0 saturated carbocycles. The van der Waals surface area contributed by atoms with Crippen molar-refractivity contribution in [2.24, 2.45) is 0 Å². The van der Waals surface area contributed by atoms with Gasteiger partial charge < -0.3 is 10.2 Å². The van der Waals surface area contributed by atoms with E-state index in [4.69, 9.17) is 0 Å². The molecule has 0 bridgehead atoms. The standard InChI is InChI=1S/C20H24BrN3O4S/c1-15(20(26)22-2)23(13-16-8-5-4-6-9-16)19(25)14-24(29(3,27)28)18-11-7-10-17(21)12-18/h4-12,15H,13-14H2,1-3H3,(H,22,26)/t15-/m1/s1. The Kier molecular flexibility index (Phi) is 7.80. The Morgan fingerprint density at radius 1 is 1.10 bits per heavy atom. The van der Waals surface area contributed by atoms with E-state index in [2.05, 4.69) is 21.2 Å². The maximum absolute atomic E-state index is 13.2. The summed E-state index contributed by atoms with van der Waals surface area (Å²) in [5.41, 5.74) is 1.20. The molecule has 29 heavy (non-hydrogen) atoms. The predicted octanol–water partition coefficient (Wildman–Crippen LogP) is 2.38. The van der Waals surface area contributed by atoms with E-state index in [0.29, 0.717) is 10.2 Å². The summed E-state index contributed by atoms with van der Waals surface area (Å²) in [6, 6.07) is 15.2. The summed E-state index contributed by atoms with van der Waals surface area (Å²) in [7, 11) is -2.23. The molecule has 2 aromatic carbocycles. The van der Waals surface area contributed by atoms with E-state index < -0.39 is 28.5 Å². The molecule has 0 aromatic heterocycles. The lowest BCUT2D eigenvalue weighted by atomic mass is 10.1. The van der Waals surface area contributed by atoms with E-state index in [0.717, 1.165) is 16.1 Å². The number of amides is 2. The van der Waals surface area contributed by atoms with Crippen LogP contribution >= 0.6 is 15.9 Å². The van der Waals surface area contributed by atoms with E-state index in [9.17, 15) is 18.0 Å². The fraction of sp³-hybridized carbons (Fsp3) is 0.300. The van der Waals surface area contributed by atoms with Gasteiger partial charge in [-0.3, -0.25) is 13.9 Å². The lowest BCUT2D eigenvalue weighted by Crippen LogP contribution is -2.50. The minimum atomic E-state index is -3.72. The molecule has 7 nitrogen and oxygen atoms in total. The molecule has 1 atom stereocenters. The first-order valence-electron chi connectivity index (χ1n) is 8.91. The van der Waals surface area contributed by atoms with Gasteiger partial charge in [-0.1, -0.05) is 52.3 Å². The molecule has 2 rings (SSSR count). The van der Waals surface area contributed by atoms with Crippen molar-refractivity contribution in [3.8, 4) is 0 Å². The Labute approximate surface area is 179 Å². The Morgan fingerprint density at radius 2 is 1.76 bits per heavy atom. The summed E-state index contributed by atoms with van der Waals surface area (Å²) in [4.78, 5) is 26.7. The molecule has 156 valence electrons. The van der Waals surface area contributed by atoms with Crippen LogP contribution in [0.2, 0.25) is 0 Å². The first-order chi connectivity index (χ1) is 13.6. The van der Waals surface area contributed by atoms with Crippen molar-refractivity contribution in [2.75, 3.05) is 24.2 Å². The number of likely N-dealkylation sites (N-methyl/N-ethyl adjacent to an activating group) is 1. The number of sulfonamides is 1. The fourth-order valence-corrected chi connectivity index (χ4v) is 4.05. The minimum Gasteiger partial charge on any atom is -0.357 e. The molecule has 0 aliphatic carbocycles. The highest BCUT2D eigenvalue weighted by molar-refractivity contribution is 9.10. The molecule has 0 heterocycles. The Bertz CT molecular complexity index is 967. The average molecular weight is 482 g/mol. The van der Waals surface area contributed by atoms with Crippen molar-refractivity contribution in [1.29, 1.82) is 0 Å². The zero-order chi connectivity index (χ0) is 21.6. The first kappa shape index (κ1) is 22.9. The second-order valence-corrected chi connectivity index (χ2v) is 9.37. The molecule has 1 N–H and O–H groups in total. The number of anilines is 1. The molecule has 0 fully saturated rings. The number of carbonyl (C=O) groups excluding carboxylic acids is 2. The highest BCUT2D eigenvalue weighted by atomic mass is 79.9. The third-order valence-electron chi connectivity index (χ3n) is 4.38. The van der Waals surface area contributed by atoms with Crippen LogP contribution in [-0.4, -0.2) is 51.0 Å². The van der Waals surface area contributed by atoms with Crippen LogP contribution in [0.25, 0.3) is 0 Å². The van der Waals surface area contributed by atoms with Crippen LogP contribution in [0.5, 0.6) is 0 Å². The van der Waals surface area contributed by atoms with E-state index in [1.165, 1.54) is 11.9 Å². The van der Waals surface area contributed by atoms with Gasteiger partial charge in [-0.2, -0.15) is 0 Å². The van der Waals surface area contributed by atoms with Crippen LogP contribution in [0, 0.1) is 0 Å². The quantitative estimate of drug-likeness (QED) is 0.626. The topological polar surface area (TPSA) is 86.8 Å². The molecule has 0 unspecified atom stereocenters. The molecular formula is C20H24BrN3O4S. The number of carbonyl (C=O) groups is 2. The number of nitrogens with zero attached hydrogens (tertiary/aromatic N) is 2. The van der Waals surface area contributed by atoms with Gasteiger partial charge in [-0.25, -0.2) is 8.42 Å². The van der Waals surface area contributed by atoms with E-state index in [-0.39, 0.29) is 12.5 Å². The van der Waals surface area contributed by atoms with Gasteiger partial charge in [0, 0.05) is 18.1 Å². The predicted molar refractivity (Wildman–Crippen MR) is 117 cm³/mol. The monoisotopic (exact) mass is 481 g/mol. The molecule has 0 aliphatic heterocycles. The second kappa shape index (κ2) is 9.89. The summed E-state index contributed by atoms with van der Waals surface area (Å²) in [6.07, 6.45) is 1.05. The molecule has 0 saturated heterocycles. The number of nitrogens with one attached hydrogen (secondary N) is 1.